The smallest absolute Gasteiger partial charge is 0.248 e. The van der Waals surface area contributed by atoms with E-state index in [1.165, 1.54) is 17.4 Å². The Morgan fingerprint density at radius 1 is 1.28 bits per heavy atom. The Bertz CT molecular complexity index is 865. The summed E-state index contributed by atoms with van der Waals surface area (Å²) in [4.78, 5) is 12.0. The van der Waals surface area contributed by atoms with Gasteiger partial charge in [0, 0.05) is 23.8 Å². The van der Waals surface area contributed by atoms with Crippen LogP contribution in [0.5, 0.6) is 0 Å². The maximum atomic E-state index is 13.3. The first-order valence-corrected chi connectivity index (χ1v) is 8.56. The van der Waals surface area contributed by atoms with Crippen LogP contribution >= 0.6 is 11.3 Å². The lowest BCUT2D eigenvalue weighted by atomic mass is 10.1. The highest BCUT2D eigenvalue weighted by Crippen LogP contribution is 2.21. The van der Waals surface area contributed by atoms with Gasteiger partial charge in [-0.05, 0) is 36.1 Å². The van der Waals surface area contributed by atoms with Gasteiger partial charge in [-0.1, -0.05) is 6.07 Å². The molecule has 1 atom stereocenters. The molecule has 0 radical (unpaired) electrons. The van der Waals surface area contributed by atoms with Crippen molar-refractivity contribution in [2.75, 3.05) is 0 Å². The minimum absolute atomic E-state index is 0.152. The molecule has 3 aromatic rings. The maximum Gasteiger partial charge on any atom is 0.248 e. The predicted octanol–water partition coefficient (Wildman–Crippen LogP) is 3.89. The molecule has 5 nitrogen and oxygen atoms in total. The summed E-state index contributed by atoms with van der Waals surface area (Å²) in [5.74, 6) is -1.30. The van der Waals surface area contributed by atoms with E-state index in [9.17, 15) is 13.6 Å². The fourth-order valence-electron chi connectivity index (χ4n) is 2.26. The Hall–Kier alpha value is -2.61. The molecule has 8 heteroatoms. The lowest BCUT2D eigenvalue weighted by molar-refractivity contribution is -0.121. The molecule has 0 aliphatic carbocycles. The molecule has 25 heavy (non-hydrogen) atoms. The summed E-state index contributed by atoms with van der Waals surface area (Å²) >= 11 is 1.53. The van der Waals surface area contributed by atoms with Crippen molar-refractivity contribution in [3.8, 4) is 11.5 Å². The molecule has 0 saturated heterocycles. The third kappa shape index (κ3) is 4.27. The molecule has 2 aromatic heterocycles. The largest absolute Gasteiger partial charge is 0.421 e. The van der Waals surface area contributed by atoms with Crippen molar-refractivity contribution in [2.24, 2.45) is 0 Å². The Morgan fingerprint density at radius 3 is 2.84 bits per heavy atom. The van der Waals surface area contributed by atoms with Crippen molar-refractivity contribution >= 4 is 17.2 Å². The first-order chi connectivity index (χ1) is 12.0. The van der Waals surface area contributed by atoms with Gasteiger partial charge in [0.15, 0.2) is 11.6 Å². The summed E-state index contributed by atoms with van der Waals surface area (Å²) in [6, 6.07) is 4.99. The lowest BCUT2D eigenvalue weighted by Gasteiger charge is -2.14. The van der Waals surface area contributed by atoms with Crippen LogP contribution in [0.2, 0.25) is 0 Å². The van der Waals surface area contributed by atoms with Crippen LogP contribution in [0.4, 0.5) is 8.78 Å². The number of nitrogens with zero attached hydrogens (tertiary/aromatic N) is 2. The van der Waals surface area contributed by atoms with Gasteiger partial charge in [0.05, 0.1) is 6.04 Å². The van der Waals surface area contributed by atoms with Crippen molar-refractivity contribution in [3.63, 3.8) is 0 Å². The fourth-order valence-corrected chi connectivity index (χ4v) is 2.89. The number of benzene rings is 1. The van der Waals surface area contributed by atoms with Gasteiger partial charge in [-0.2, -0.15) is 11.3 Å². The van der Waals surface area contributed by atoms with Crippen LogP contribution in [-0.2, 0) is 11.2 Å². The van der Waals surface area contributed by atoms with Crippen LogP contribution in [0.1, 0.15) is 30.8 Å². The first kappa shape index (κ1) is 17.2. The van der Waals surface area contributed by atoms with E-state index in [4.69, 9.17) is 4.42 Å². The van der Waals surface area contributed by atoms with Crippen LogP contribution in [0.15, 0.2) is 39.4 Å². The first-order valence-electron chi connectivity index (χ1n) is 7.62. The number of thiophene rings is 1. The normalized spacial score (nSPS) is 12.1. The number of hydrogen-bond acceptors (Lipinski definition) is 5. The molecule has 0 aliphatic rings. The molecule has 2 heterocycles. The second-order valence-corrected chi connectivity index (χ2v) is 6.26. The van der Waals surface area contributed by atoms with Gasteiger partial charge in [-0.25, -0.2) is 8.78 Å². The summed E-state index contributed by atoms with van der Waals surface area (Å²) in [5, 5.41) is 14.4. The third-order valence-corrected chi connectivity index (χ3v) is 4.31. The van der Waals surface area contributed by atoms with E-state index in [1.807, 2.05) is 16.8 Å². The second kappa shape index (κ2) is 7.52. The van der Waals surface area contributed by atoms with Crippen LogP contribution in [0, 0.1) is 11.6 Å². The number of aryl methyl sites for hydroxylation is 1. The molecule has 130 valence electrons. The molecular formula is C17H15F2N3O2S. The molecule has 1 unspecified atom stereocenters. The Kier molecular flexibility index (Phi) is 5.18. The molecule has 3 rings (SSSR count). The Labute approximate surface area is 146 Å². The number of amides is 1. The van der Waals surface area contributed by atoms with Crippen LogP contribution in [-0.4, -0.2) is 16.1 Å². The van der Waals surface area contributed by atoms with E-state index < -0.39 is 17.7 Å². The molecule has 0 fully saturated rings. The van der Waals surface area contributed by atoms with Gasteiger partial charge in [0.2, 0.25) is 17.7 Å². The van der Waals surface area contributed by atoms with Crippen molar-refractivity contribution in [1.29, 1.82) is 0 Å². The van der Waals surface area contributed by atoms with Gasteiger partial charge in [0.25, 0.3) is 0 Å². The Balaban J connectivity index is 1.53. The van der Waals surface area contributed by atoms with Gasteiger partial charge in [-0.15, -0.1) is 10.2 Å². The number of rotatable bonds is 6. The highest BCUT2D eigenvalue weighted by atomic mass is 32.1. The predicted molar refractivity (Wildman–Crippen MR) is 88.8 cm³/mol. The summed E-state index contributed by atoms with van der Waals surface area (Å²) in [5.41, 5.74) is 1.34. The third-order valence-electron chi connectivity index (χ3n) is 3.62. The standard InChI is InChI=1S/C17H15F2N3O2S/c1-10(11-2-3-13(18)14(19)8-11)20-15(23)4-5-16-21-22-17(24-16)12-6-7-25-9-12/h2-3,6-10H,4-5H2,1H3,(H,20,23). The summed E-state index contributed by atoms with van der Waals surface area (Å²) in [7, 11) is 0. The fraction of sp³-hybridized carbons (Fsp3) is 0.235. The quantitative estimate of drug-likeness (QED) is 0.721. The monoisotopic (exact) mass is 363 g/mol. The van der Waals surface area contributed by atoms with E-state index in [0.29, 0.717) is 23.8 Å². The molecule has 1 amide bonds. The van der Waals surface area contributed by atoms with Gasteiger partial charge < -0.3 is 9.73 Å². The number of carbonyl (C=O) groups excluding carboxylic acids is 1. The van der Waals surface area contributed by atoms with Crippen molar-refractivity contribution in [1.82, 2.24) is 15.5 Å². The average Bonchev–Trinajstić information content (AvgIpc) is 3.26. The molecule has 1 N–H and O–H groups in total. The van der Waals surface area contributed by atoms with Crippen LogP contribution in [0.25, 0.3) is 11.5 Å². The van der Waals surface area contributed by atoms with Crippen molar-refractivity contribution in [3.05, 3.63) is 58.1 Å². The molecule has 0 aliphatic heterocycles. The SMILES string of the molecule is CC(NC(=O)CCc1nnc(-c2ccsc2)o1)c1ccc(F)c(F)c1. The molecule has 1 aromatic carbocycles. The molecule has 0 saturated carbocycles. The van der Waals surface area contributed by atoms with Gasteiger partial charge in [0.1, 0.15) is 0 Å². The average molecular weight is 363 g/mol. The number of hydrogen-bond donors (Lipinski definition) is 1. The highest BCUT2D eigenvalue weighted by molar-refractivity contribution is 7.08. The maximum absolute atomic E-state index is 13.3. The van der Waals surface area contributed by atoms with E-state index >= 15 is 0 Å². The number of carbonyl (C=O) groups is 1. The van der Waals surface area contributed by atoms with Crippen LogP contribution in [0.3, 0.4) is 0 Å². The van der Waals surface area contributed by atoms with E-state index in [-0.39, 0.29) is 12.3 Å². The molecular weight excluding hydrogens is 348 g/mol. The summed E-state index contributed by atoms with van der Waals surface area (Å²) in [6.07, 6.45) is 0.451. The number of halogens is 2. The number of nitrogens with one attached hydrogen (secondary N) is 1. The van der Waals surface area contributed by atoms with E-state index in [0.717, 1.165) is 17.7 Å². The zero-order valence-corrected chi connectivity index (χ0v) is 14.1. The van der Waals surface area contributed by atoms with Crippen LogP contribution < -0.4 is 5.32 Å². The minimum Gasteiger partial charge on any atom is -0.421 e. The second-order valence-electron chi connectivity index (χ2n) is 5.48. The summed E-state index contributed by atoms with van der Waals surface area (Å²) in [6.45, 7) is 1.70. The highest BCUT2D eigenvalue weighted by Gasteiger charge is 2.14. The molecule has 0 bridgehead atoms. The van der Waals surface area contributed by atoms with Gasteiger partial charge >= 0.3 is 0 Å². The topological polar surface area (TPSA) is 68.0 Å². The minimum atomic E-state index is -0.939. The molecule has 0 spiro atoms. The van der Waals surface area contributed by atoms with E-state index in [2.05, 4.69) is 15.5 Å². The van der Waals surface area contributed by atoms with E-state index in [1.54, 1.807) is 6.92 Å². The van der Waals surface area contributed by atoms with Gasteiger partial charge in [-0.3, -0.25) is 4.79 Å². The number of aromatic nitrogens is 2. The van der Waals surface area contributed by atoms with Crippen molar-refractivity contribution < 1.29 is 18.0 Å². The zero-order valence-electron chi connectivity index (χ0n) is 13.3. The lowest BCUT2D eigenvalue weighted by Crippen LogP contribution is -2.27. The Morgan fingerprint density at radius 2 is 2.12 bits per heavy atom. The zero-order chi connectivity index (χ0) is 17.8. The summed E-state index contributed by atoms with van der Waals surface area (Å²) < 4.78 is 31.7. The van der Waals surface area contributed by atoms with Crippen molar-refractivity contribution in [2.45, 2.75) is 25.8 Å².